The van der Waals surface area contributed by atoms with E-state index in [1.165, 1.54) is 173 Å². The maximum Gasteiger partial charge on any atom is 0.472 e. The molecule has 2 unspecified atom stereocenters. The van der Waals surface area contributed by atoms with Gasteiger partial charge in [0.1, 0.15) is 19.3 Å². The highest BCUT2D eigenvalue weighted by Gasteiger charge is 2.30. The Balaban J connectivity index is 5.22. The van der Waals surface area contributed by atoms with Gasteiger partial charge in [-0.25, -0.2) is 9.13 Å². The topological polar surface area (TPSA) is 237 Å². The summed E-state index contributed by atoms with van der Waals surface area (Å²) in [4.78, 5) is 72.3. The van der Waals surface area contributed by atoms with Crippen molar-refractivity contribution in [1.82, 2.24) is 0 Å². The number of aliphatic hydroxyl groups is 1. The number of carbonyl (C=O) groups excluding carboxylic acids is 4. The van der Waals surface area contributed by atoms with Crippen molar-refractivity contribution in [3.8, 4) is 0 Å². The van der Waals surface area contributed by atoms with Crippen molar-refractivity contribution in [2.45, 2.75) is 367 Å². The van der Waals surface area contributed by atoms with Gasteiger partial charge < -0.3 is 33.8 Å². The lowest BCUT2D eigenvalue weighted by molar-refractivity contribution is -0.161. The van der Waals surface area contributed by atoms with Gasteiger partial charge >= 0.3 is 39.5 Å². The van der Waals surface area contributed by atoms with E-state index in [0.717, 1.165) is 96.3 Å². The molecule has 0 saturated carbocycles. The van der Waals surface area contributed by atoms with E-state index in [1.54, 1.807) is 0 Å². The molecule has 0 aliphatic carbocycles. The monoisotopic (exact) mass is 1270 g/mol. The summed E-state index contributed by atoms with van der Waals surface area (Å²) in [5.41, 5.74) is 0. The van der Waals surface area contributed by atoms with Gasteiger partial charge in [-0.05, 0) is 25.7 Å². The number of unbranched alkanes of at least 4 members (excludes halogenated alkanes) is 42. The van der Waals surface area contributed by atoms with Crippen molar-refractivity contribution in [1.29, 1.82) is 0 Å². The van der Waals surface area contributed by atoms with Gasteiger partial charge in [0.25, 0.3) is 0 Å². The van der Waals surface area contributed by atoms with Gasteiger partial charge in [0.2, 0.25) is 0 Å². The van der Waals surface area contributed by atoms with E-state index in [4.69, 9.17) is 37.0 Å². The van der Waals surface area contributed by atoms with E-state index >= 15 is 0 Å². The van der Waals surface area contributed by atoms with Gasteiger partial charge in [-0.1, -0.05) is 297 Å². The molecule has 0 saturated heterocycles. The molecule has 0 aliphatic rings. The van der Waals surface area contributed by atoms with Crippen molar-refractivity contribution < 1.29 is 80.2 Å². The Kier molecular flexibility index (Phi) is 60.5. The van der Waals surface area contributed by atoms with Crippen LogP contribution < -0.4 is 0 Å². The van der Waals surface area contributed by atoms with Crippen molar-refractivity contribution in [2.24, 2.45) is 0 Å². The highest BCUT2D eigenvalue weighted by atomic mass is 31.2. The third-order valence-corrected chi connectivity index (χ3v) is 17.5. The SMILES string of the molecule is CCCCCCCCCCCCCCCCCC(=O)O[C@H](COC(=O)CCCCCCCCCCCCCC)COP(=O)(O)OC[C@@H](O)COP(=O)(O)OC[C@@H](COC(=O)CCCCCCCCCC)OC(=O)CCCCCCCCCCCCC. The standard InChI is InChI=1S/C67H130O17P2/c1-5-9-13-17-21-25-28-30-31-32-35-38-42-46-50-54-67(72)84-63(58-78-65(70)52-48-44-40-36-34-29-26-22-18-14-10-6-2)60-82-86(75,76)80-56-61(68)55-79-85(73,74)81-59-62(57-77-64(69)51-47-43-39-24-20-16-12-8-4)83-66(71)53-49-45-41-37-33-27-23-19-15-11-7-3/h61-63,68H,5-60H2,1-4H3,(H,73,74)(H,75,76)/t61-,62+,63+/m0/s1. The highest BCUT2D eigenvalue weighted by molar-refractivity contribution is 7.47. The Bertz CT molecular complexity index is 1650. The summed E-state index contributed by atoms with van der Waals surface area (Å²) in [7, 11) is -9.89. The summed E-state index contributed by atoms with van der Waals surface area (Å²) in [6.07, 6.45) is 48.4. The molecule has 0 fully saturated rings. The van der Waals surface area contributed by atoms with Gasteiger partial charge in [-0.15, -0.1) is 0 Å². The Morgan fingerprint density at radius 2 is 0.465 bits per heavy atom. The number of ether oxygens (including phenoxy) is 4. The first-order valence-corrected chi connectivity index (χ1v) is 38.3. The smallest absolute Gasteiger partial charge is 0.462 e. The van der Waals surface area contributed by atoms with Crippen LogP contribution in [0.25, 0.3) is 0 Å². The fraction of sp³-hybridized carbons (Fsp3) is 0.940. The van der Waals surface area contributed by atoms with Crippen LogP contribution in [0, 0.1) is 0 Å². The molecule has 0 rings (SSSR count). The summed E-state index contributed by atoms with van der Waals surface area (Å²) in [5, 5.41) is 10.6. The summed E-state index contributed by atoms with van der Waals surface area (Å²) >= 11 is 0. The summed E-state index contributed by atoms with van der Waals surface area (Å²) in [5.74, 6) is -2.13. The van der Waals surface area contributed by atoms with Crippen LogP contribution in [0.5, 0.6) is 0 Å². The van der Waals surface area contributed by atoms with Gasteiger partial charge in [-0.3, -0.25) is 37.3 Å². The molecule has 0 aromatic rings. The summed E-state index contributed by atoms with van der Waals surface area (Å²) in [6.45, 7) is 4.90. The predicted octanol–water partition coefficient (Wildman–Crippen LogP) is 19.1. The quantitative estimate of drug-likeness (QED) is 0.0222. The molecule has 5 atom stereocenters. The fourth-order valence-electron chi connectivity index (χ4n) is 10.2. The lowest BCUT2D eigenvalue weighted by Crippen LogP contribution is -2.30. The molecule has 0 amide bonds. The number of hydrogen-bond acceptors (Lipinski definition) is 15. The molecular formula is C67H130O17P2. The molecule has 0 bridgehead atoms. The Hall–Kier alpha value is -1.94. The molecule has 0 aliphatic heterocycles. The first-order chi connectivity index (χ1) is 41.7. The molecule has 0 aromatic heterocycles. The van der Waals surface area contributed by atoms with Crippen LogP contribution in [0.2, 0.25) is 0 Å². The van der Waals surface area contributed by atoms with E-state index in [-0.39, 0.29) is 25.7 Å². The number of aliphatic hydroxyl groups excluding tert-OH is 1. The van der Waals surface area contributed by atoms with E-state index < -0.39 is 97.5 Å². The van der Waals surface area contributed by atoms with E-state index in [1.807, 2.05) is 0 Å². The van der Waals surface area contributed by atoms with Gasteiger partial charge in [-0.2, -0.15) is 0 Å². The van der Waals surface area contributed by atoms with Gasteiger partial charge in [0.05, 0.1) is 26.4 Å². The van der Waals surface area contributed by atoms with E-state index in [2.05, 4.69) is 27.7 Å². The molecule has 86 heavy (non-hydrogen) atoms. The first-order valence-electron chi connectivity index (χ1n) is 35.3. The largest absolute Gasteiger partial charge is 0.472 e. The zero-order chi connectivity index (χ0) is 63.3. The highest BCUT2D eigenvalue weighted by Crippen LogP contribution is 2.45. The van der Waals surface area contributed by atoms with Crippen molar-refractivity contribution in [3.63, 3.8) is 0 Å². The molecule has 0 aromatic carbocycles. The minimum absolute atomic E-state index is 0.107. The maximum atomic E-state index is 13.0. The molecule has 19 heteroatoms. The number of esters is 4. The third-order valence-electron chi connectivity index (χ3n) is 15.6. The van der Waals surface area contributed by atoms with Crippen LogP contribution in [-0.4, -0.2) is 96.7 Å². The van der Waals surface area contributed by atoms with Crippen LogP contribution in [0.15, 0.2) is 0 Å². The number of hydrogen-bond donors (Lipinski definition) is 3. The molecular weight excluding hydrogens is 1140 g/mol. The summed E-state index contributed by atoms with van der Waals surface area (Å²) < 4.78 is 68.1. The first kappa shape index (κ1) is 84.1. The Morgan fingerprint density at radius 3 is 0.686 bits per heavy atom. The number of carbonyl (C=O) groups is 4. The number of phosphoric ester groups is 2. The zero-order valence-electron chi connectivity index (χ0n) is 55.3. The Morgan fingerprint density at radius 1 is 0.279 bits per heavy atom. The third kappa shape index (κ3) is 60.9. The minimum atomic E-state index is -4.95. The molecule has 3 N–H and O–H groups in total. The van der Waals surface area contributed by atoms with Crippen LogP contribution in [0.3, 0.4) is 0 Å². The number of rotatable bonds is 68. The number of phosphoric acid groups is 2. The minimum Gasteiger partial charge on any atom is -0.462 e. The second-order valence-electron chi connectivity index (χ2n) is 24.2. The molecule has 0 radical (unpaired) electrons. The van der Waals surface area contributed by atoms with Crippen LogP contribution in [-0.2, 0) is 65.4 Å². The molecule has 0 spiro atoms. The zero-order valence-corrected chi connectivity index (χ0v) is 57.1. The lowest BCUT2D eigenvalue weighted by atomic mass is 10.0. The molecule has 0 heterocycles. The predicted molar refractivity (Wildman–Crippen MR) is 345 cm³/mol. The normalized spacial score (nSPS) is 14.1. The van der Waals surface area contributed by atoms with E-state index in [0.29, 0.717) is 25.7 Å². The molecule has 510 valence electrons. The van der Waals surface area contributed by atoms with E-state index in [9.17, 15) is 43.2 Å². The average Bonchev–Trinajstić information content (AvgIpc) is 3.67. The Labute approximate surface area is 524 Å². The average molecular weight is 1270 g/mol. The lowest BCUT2D eigenvalue weighted by Gasteiger charge is -2.21. The van der Waals surface area contributed by atoms with Crippen LogP contribution in [0.4, 0.5) is 0 Å². The second kappa shape index (κ2) is 61.9. The van der Waals surface area contributed by atoms with Crippen molar-refractivity contribution in [3.05, 3.63) is 0 Å². The summed E-state index contributed by atoms with van der Waals surface area (Å²) in [6, 6.07) is 0. The van der Waals surface area contributed by atoms with Crippen molar-refractivity contribution in [2.75, 3.05) is 39.6 Å². The second-order valence-corrected chi connectivity index (χ2v) is 27.1. The fourth-order valence-corrected chi connectivity index (χ4v) is 11.7. The van der Waals surface area contributed by atoms with Crippen molar-refractivity contribution >= 4 is 39.5 Å². The van der Waals surface area contributed by atoms with Gasteiger partial charge in [0.15, 0.2) is 12.2 Å². The van der Waals surface area contributed by atoms with Crippen LogP contribution in [0.1, 0.15) is 349 Å². The maximum absolute atomic E-state index is 13.0. The van der Waals surface area contributed by atoms with Crippen LogP contribution >= 0.6 is 15.6 Å². The van der Waals surface area contributed by atoms with Gasteiger partial charge in [0, 0.05) is 25.7 Å². The molecule has 17 nitrogen and oxygen atoms in total.